The summed E-state index contributed by atoms with van der Waals surface area (Å²) in [5.74, 6) is 0. The molecule has 0 atom stereocenters. The van der Waals surface area contributed by atoms with Crippen molar-refractivity contribution in [2.75, 3.05) is 20.1 Å². The second-order valence-corrected chi connectivity index (χ2v) is 9.45. The van der Waals surface area contributed by atoms with Crippen molar-refractivity contribution in [1.82, 2.24) is 10.6 Å². The van der Waals surface area contributed by atoms with E-state index in [1.54, 1.807) is 12.1 Å². The maximum absolute atomic E-state index is 12.2. The van der Waals surface area contributed by atoms with Gasteiger partial charge in [0.1, 0.15) is 6.54 Å². The van der Waals surface area contributed by atoms with Crippen LogP contribution in [0.4, 0.5) is 4.79 Å². The van der Waals surface area contributed by atoms with Crippen molar-refractivity contribution in [3.05, 3.63) is 67.6 Å². The van der Waals surface area contributed by atoms with Gasteiger partial charge in [-0.05, 0) is 29.8 Å². The van der Waals surface area contributed by atoms with Crippen LogP contribution in [0.25, 0.3) is 0 Å². The smallest absolute Gasteiger partial charge is 0.315 e. The lowest BCUT2D eigenvalue weighted by atomic mass is 10.0. The first-order valence-corrected chi connectivity index (χ1v) is 11.0. The van der Waals surface area contributed by atoms with Crippen LogP contribution in [-0.2, 0) is 13.1 Å². The standard InChI is InChI=1S/C21H23Cl4N3O/c1-28(13-15-3-5-18(23)20(25)11-15)8-6-16(7-9-28)27-21(29)26-12-14-2-4-17(22)19(24)10-14/h2-5,10-11,16H,6-9,12-13H2,1H3,(H-,26,27,29)/p+1. The van der Waals surface area contributed by atoms with Crippen molar-refractivity contribution in [2.45, 2.75) is 32.0 Å². The Bertz CT molecular complexity index is 882. The van der Waals surface area contributed by atoms with E-state index in [-0.39, 0.29) is 12.1 Å². The van der Waals surface area contributed by atoms with Gasteiger partial charge in [0.15, 0.2) is 0 Å². The number of urea groups is 1. The van der Waals surface area contributed by atoms with Gasteiger partial charge in [-0.25, -0.2) is 4.79 Å². The summed E-state index contributed by atoms with van der Waals surface area (Å²) in [6.07, 6.45) is 1.86. The summed E-state index contributed by atoms with van der Waals surface area (Å²) in [6.45, 7) is 3.27. The van der Waals surface area contributed by atoms with Gasteiger partial charge in [0, 0.05) is 31.0 Å². The highest BCUT2D eigenvalue weighted by Gasteiger charge is 2.31. The third-order valence-electron chi connectivity index (χ3n) is 5.36. The van der Waals surface area contributed by atoms with E-state index in [0.717, 1.165) is 42.5 Å². The number of amides is 2. The molecule has 2 aromatic carbocycles. The van der Waals surface area contributed by atoms with Gasteiger partial charge in [0.25, 0.3) is 0 Å². The molecule has 4 nitrogen and oxygen atoms in total. The molecule has 0 radical (unpaired) electrons. The molecule has 0 bridgehead atoms. The molecule has 0 aromatic heterocycles. The third-order valence-corrected chi connectivity index (χ3v) is 6.83. The third kappa shape index (κ3) is 6.40. The minimum absolute atomic E-state index is 0.165. The van der Waals surface area contributed by atoms with Crippen molar-refractivity contribution in [3.8, 4) is 0 Å². The fourth-order valence-electron chi connectivity index (χ4n) is 3.64. The van der Waals surface area contributed by atoms with E-state index in [1.165, 1.54) is 5.56 Å². The van der Waals surface area contributed by atoms with E-state index < -0.39 is 0 Å². The number of carbonyl (C=O) groups excluding carboxylic acids is 1. The monoisotopic (exact) mass is 474 g/mol. The van der Waals surface area contributed by atoms with Crippen LogP contribution in [0.5, 0.6) is 0 Å². The molecule has 1 aliphatic heterocycles. The largest absolute Gasteiger partial charge is 0.335 e. The number of nitrogens with one attached hydrogen (secondary N) is 2. The van der Waals surface area contributed by atoms with Gasteiger partial charge in [-0.2, -0.15) is 0 Å². The quantitative estimate of drug-likeness (QED) is 0.518. The Balaban J connectivity index is 1.45. The highest BCUT2D eigenvalue weighted by atomic mass is 35.5. The van der Waals surface area contributed by atoms with Gasteiger partial charge >= 0.3 is 6.03 Å². The Morgan fingerprint density at radius 2 is 1.48 bits per heavy atom. The Morgan fingerprint density at radius 1 is 0.931 bits per heavy atom. The first-order valence-electron chi connectivity index (χ1n) is 9.50. The lowest BCUT2D eigenvalue weighted by molar-refractivity contribution is -0.927. The van der Waals surface area contributed by atoms with E-state index in [1.807, 2.05) is 24.3 Å². The second-order valence-electron chi connectivity index (χ2n) is 7.82. The Morgan fingerprint density at radius 3 is 2.07 bits per heavy atom. The Hall–Kier alpha value is -1.17. The normalized spacial score (nSPS) is 21.6. The molecule has 1 fully saturated rings. The van der Waals surface area contributed by atoms with Gasteiger partial charge < -0.3 is 15.1 Å². The van der Waals surface area contributed by atoms with Crippen LogP contribution < -0.4 is 10.6 Å². The average molecular weight is 476 g/mol. The molecule has 2 aromatic rings. The maximum atomic E-state index is 12.2. The van der Waals surface area contributed by atoms with Crippen molar-refractivity contribution in [3.63, 3.8) is 0 Å². The van der Waals surface area contributed by atoms with Gasteiger partial charge in [-0.3, -0.25) is 0 Å². The van der Waals surface area contributed by atoms with E-state index in [9.17, 15) is 4.79 Å². The van der Waals surface area contributed by atoms with E-state index in [4.69, 9.17) is 46.4 Å². The lowest BCUT2D eigenvalue weighted by Crippen LogP contribution is -2.54. The zero-order chi connectivity index (χ0) is 21.0. The summed E-state index contributed by atoms with van der Waals surface area (Å²) in [5.41, 5.74) is 2.08. The van der Waals surface area contributed by atoms with Gasteiger partial charge in [-0.1, -0.05) is 58.5 Å². The van der Waals surface area contributed by atoms with E-state index >= 15 is 0 Å². The van der Waals surface area contributed by atoms with Gasteiger partial charge in [0.2, 0.25) is 0 Å². The Kier molecular flexibility index (Phi) is 7.58. The second kappa shape index (κ2) is 9.76. The molecule has 1 aliphatic rings. The number of carbonyl (C=O) groups is 1. The number of quaternary nitrogens is 1. The predicted molar refractivity (Wildman–Crippen MR) is 121 cm³/mol. The van der Waals surface area contributed by atoms with Crippen LogP contribution in [0.15, 0.2) is 36.4 Å². The first kappa shape index (κ1) is 22.5. The molecule has 1 heterocycles. The average Bonchev–Trinajstić information content (AvgIpc) is 2.68. The molecule has 2 amide bonds. The first-order chi connectivity index (χ1) is 13.7. The molecule has 1 saturated heterocycles. The minimum atomic E-state index is -0.165. The highest BCUT2D eigenvalue weighted by Crippen LogP contribution is 2.26. The minimum Gasteiger partial charge on any atom is -0.335 e. The zero-order valence-corrected chi connectivity index (χ0v) is 19.2. The molecule has 0 unspecified atom stereocenters. The molecule has 3 rings (SSSR count). The van der Waals surface area contributed by atoms with Gasteiger partial charge in [0.05, 0.1) is 40.2 Å². The van der Waals surface area contributed by atoms with E-state index in [0.29, 0.717) is 26.6 Å². The summed E-state index contributed by atoms with van der Waals surface area (Å²) in [6, 6.07) is 11.2. The number of likely N-dealkylation sites (tertiary alicyclic amines) is 1. The summed E-state index contributed by atoms with van der Waals surface area (Å²) in [5, 5.41) is 8.11. The molecule has 0 saturated carbocycles. The highest BCUT2D eigenvalue weighted by molar-refractivity contribution is 6.42. The molecule has 0 spiro atoms. The number of piperidine rings is 1. The van der Waals surface area contributed by atoms with Crippen LogP contribution in [0.3, 0.4) is 0 Å². The summed E-state index contributed by atoms with van der Waals surface area (Å²) < 4.78 is 0.918. The summed E-state index contributed by atoms with van der Waals surface area (Å²) in [4.78, 5) is 12.2. The molecule has 156 valence electrons. The predicted octanol–water partition coefficient (Wildman–Crippen LogP) is 5.91. The summed E-state index contributed by atoms with van der Waals surface area (Å²) >= 11 is 24.1. The van der Waals surface area contributed by atoms with Gasteiger partial charge in [-0.15, -0.1) is 0 Å². The number of hydrogen-bond acceptors (Lipinski definition) is 1. The van der Waals surface area contributed by atoms with Crippen LogP contribution in [0.1, 0.15) is 24.0 Å². The number of halogens is 4. The molecule has 8 heteroatoms. The fourth-order valence-corrected chi connectivity index (χ4v) is 4.28. The molecule has 2 N–H and O–H groups in total. The summed E-state index contributed by atoms with van der Waals surface area (Å²) in [7, 11) is 2.24. The number of rotatable bonds is 5. The molecule has 0 aliphatic carbocycles. The molecular formula is C21H24Cl4N3O+. The fraction of sp³-hybridized carbons (Fsp3) is 0.381. The lowest BCUT2D eigenvalue weighted by Gasteiger charge is -2.40. The SMILES string of the molecule is C[N+]1(Cc2ccc(Cl)c(Cl)c2)CCC(NC(=O)NCc2ccc(Cl)c(Cl)c2)CC1. The van der Waals surface area contributed by atoms with Crippen molar-refractivity contribution >= 4 is 52.4 Å². The molecule has 29 heavy (non-hydrogen) atoms. The number of hydrogen-bond donors (Lipinski definition) is 2. The number of nitrogens with zero attached hydrogens (tertiary/aromatic N) is 1. The van der Waals surface area contributed by atoms with Crippen molar-refractivity contribution in [2.24, 2.45) is 0 Å². The van der Waals surface area contributed by atoms with Crippen LogP contribution in [0, 0.1) is 0 Å². The van der Waals surface area contributed by atoms with Crippen molar-refractivity contribution < 1.29 is 9.28 Å². The number of benzene rings is 2. The molecular weight excluding hydrogens is 452 g/mol. The zero-order valence-electron chi connectivity index (χ0n) is 16.2. The van der Waals surface area contributed by atoms with E-state index in [2.05, 4.69) is 17.7 Å². The van der Waals surface area contributed by atoms with Crippen LogP contribution in [-0.4, -0.2) is 36.7 Å². The van der Waals surface area contributed by atoms with Crippen molar-refractivity contribution in [1.29, 1.82) is 0 Å². The van der Waals surface area contributed by atoms with Crippen LogP contribution in [0.2, 0.25) is 20.1 Å². The topological polar surface area (TPSA) is 41.1 Å². The maximum Gasteiger partial charge on any atom is 0.315 e. The Labute approximate surface area is 191 Å². The van der Waals surface area contributed by atoms with Crippen LogP contribution >= 0.6 is 46.4 Å².